The molecule has 16 heavy (non-hydrogen) atoms. The van der Waals surface area contributed by atoms with Crippen molar-refractivity contribution in [2.45, 2.75) is 40.2 Å². The minimum absolute atomic E-state index is 0.0644. The van der Waals surface area contributed by atoms with Crippen LogP contribution in [0.1, 0.15) is 34.1 Å². The van der Waals surface area contributed by atoms with E-state index in [0.29, 0.717) is 0 Å². The third-order valence-electron chi connectivity index (χ3n) is 3.05. The van der Waals surface area contributed by atoms with E-state index in [2.05, 4.69) is 24.1 Å². The van der Waals surface area contributed by atoms with Crippen LogP contribution in [-0.4, -0.2) is 43.0 Å². The number of amides is 1. The Morgan fingerprint density at radius 3 is 2.31 bits per heavy atom. The molecule has 0 spiro atoms. The summed E-state index contributed by atoms with van der Waals surface area (Å²) in [6.07, 6.45) is 0.999. The molecule has 0 aromatic carbocycles. The van der Waals surface area contributed by atoms with E-state index in [1.165, 1.54) is 0 Å². The van der Waals surface area contributed by atoms with Gasteiger partial charge in [0, 0.05) is 18.5 Å². The average Bonchev–Trinajstić information content (AvgIpc) is 2.27. The van der Waals surface area contributed by atoms with E-state index in [1.807, 2.05) is 13.8 Å². The lowest BCUT2D eigenvalue weighted by Crippen LogP contribution is -2.39. The molecule has 0 aromatic rings. The topological polar surface area (TPSA) is 58.4 Å². The lowest BCUT2D eigenvalue weighted by Gasteiger charge is -2.19. The summed E-state index contributed by atoms with van der Waals surface area (Å²) in [6, 6.07) is -0.0808. The van der Waals surface area contributed by atoms with E-state index in [-0.39, 0.29) is 17.9 Å². The fraction of sp³-hybridized carbons (Fsp3) is 0.917. The highest BCUT2D eigenvalue weighted by atomic mass is 16.1. The van der Waals surface area contributed by atoms with Crippen molar-refractivity contribution in [3.8, 4) is 0 Å². The molecule has 4 nitrogen and oxygen atoms in total. The number of rotatable bonds is 8. The number of hydrogen-bond acceptors (Lipinski definition) is 3. The summed E-state index contributed by atoms with van der Waals surface area (Å²) in [5, 5.41) is 2.92. The number of nitrogens with one attached hydrogen (secondary N) is 1. The van der Waals surface area contributed by atoms with Gasteiger partial charge in [0.2, 0.25) is 5.91 Å². The van der Waals surface area contributed by atoms with E-state index < -0.39 is 0 Å². The Hall–Kier alpha value is -0.610. The summed E-state index contributed by atoms with van der Waals surface area (Å²) in [7, 11) is 0. The predicted molar refractivity (Wildman–Crippen MR) is 68.2 cm³/mol. The van der Waals surface area contributed by atoms with Gasteiger partial charge in [-0.15, -0.1) is 0 Å². The zero-order valence-electron chi connectivity index (χ0n) is 11.1. The van der Waals surface area contributed by atoms with Crippen molar-refractivity contribution in [2.24, 2.45) is 11.7 Å². The molecular weight excluding hydrogens is 202 g/mol. The van der Waals surface area contributed by atoms with Gasteiger partial charge in [-0.25, -0.2) is 0 Å². The molecule has 0 radical (unpaired) electrons. The van der Waals surface area contributed by atoms with Crippen LogP contribution in [0.3, 0.4) is 0 Å². The molecule has 4 heteroatoms. The molecule has 0 aromatic heterocycles. The van der Waals surface area contributed by atoms with E-state index >= 15 is 0 Å². The third kappa shape index (κ3) is 6.08. The second kappa shape index (κ2) is 8.53. The van der Waals surface area contributed by atoms with Gasteiger partial charge in [-0.1, -0.05) is 20.8 Å². The van der Waals surface area contributed by atoms with Crippen molar-refractivity contribution in [1.29, 1.82) is 0 Å². The quantitative estimate of drug-likeness (QED) is 0.606. The second-order valence-corrected chi connectivity index (χ2v) is 4.32. The van der Waals surface area contributed by atoms with Gasteiger partial charge in [0.05, 0.1) is 0 Å². The van der Waals surface area contributed by atoms with Crippen molar-refractivity contribution in [3.63, 3.8) is 0 Å². The Labute approximate surface area is 99.6 Å². The van der Waals surface area contributed by atoms with Crippen LogP contribution in [0.15, 0.2) is 0 Å². The first-order valence-electron chi connectivity index (χ1n) is 6.28. The average molecular weight is 229 g/mol. The molecule has 0 aliphatic carbocycles. The first-order valence-corrected chi connectivity index (χ1v) is 6.28. The molecule has 2 unspecified atom stereocenters. The van der Waals surface area contributed by atoms with Crippen molar-refractivity contribution >= 4 is 5.91 Å². The monoisotopic (exact) mass is 229 g/mol. The van der Waals surface area contributed by atoms with Gasteiger partial charge < -0.3 is 16.0 Å². The Bertz CT molecular complexity index is 191. The van der Waals surface area contributed by atoms with Crippen LogP contribution in [-0.2, 0) is 4.79 Å². The summed E-state index contributed by atoms with van der Waals surface area (Å²) in [6.45, 7) is 12.0. The van der Waals surface area contributed by atoms with Gasteiger partial charge in [0.15, 0.2) is 0 Å². The number of nitrogens with two attached hydrogens (primary N) is 1. The van der Waals surface area contributed by atoms with E-state index in [1.54, 1.807) is 0 Å². The molecular formula is C12H27N3O. The summed E-state index contributed by atoms with van der Waals surface area (Å²) in [4.78, 5) is 13.9. The van der Waals surface area contributed by atoms with Crippen LogP contribution in [0.2, 0.25) is 0 Å². The van der Waals surface area contributed by atoms with Crippen molar-refractivity contribution in [3.05, 3.63) is 0 Å². The Morgan fingerprint density at radius 1 is 1.31 bits per heavy atom. The zero-order valence-corrected chi connectivity index (χ0v) is 11.1. The number of carbonyl (C=O) groups is 1. The van der Waals surface area contributed by atoms with Gasteiger partial charge in [-0.3, -0.25) is 4.79 Å². The molecule has 0 fully saturated rings. The van der Waals surface area contributed by atoms with E-state index in [0.717, 1.165) is 32.6 Å². The van der Waals surface area contributed by atoms with Gasteiger partial charge in [0.25, 0.3) is 0 Å². The smallest absolute Gasteiger partial charge is 0.224 e. The van der Waals surface area contributed by atoms with Gasteiger partial charge in [-0.05, 0) is 33.0 Å². The first-order chi connectivity index (χ1) is 7.52. The summed E-state index contributed by atoms with van der Waals surface area (Å²) in [5.41, 5.74) is 5.66. The van der Waals surface area contributed by atoms with Gasteiger partial charge in [-0.2, -0.15) is 0 Å². The molecule has 0 saturated carbocycles. The Balaban J connectivity index is 3.62. The number of carbonyl (C=O) groups excluding carboxylic acids is 1. The maximum Gasteiger partial charge on any atom is 0.224 e. The van der Waals surface area contributed by atoms with Crippen molar-refractivity contribution < 1.29 is 4.79 Å². The molecule has 96 valence electrons. The van der Waals surface area contributed by atoms with Crippen molar-refractivity contribution in [1.82, 2.24) is 10.2 Å². The summed E-state index contributed by atoms with van der Waals surface area (Å²) in [5.74, 6) is -0.0389. The molecule has 2 atom stereocenters. The minimum atomic E-state index is -0.103. The van der Waals surface area contributed by atoms with Crippen LogP contribution >= 0.6 is 0 Å². The lowest BCUT2D eigenvalue weighted by molar-refractivity contribution is -0.124. The Morgan fingerprint density at radius 2 is 1.88 bits per heavy atom. The Kier molecular flexibility index (Phi) is 8.21. The summed E-state index contributed by atoms with van der Waals surface area (Å²) < 4.78 is 0. The van der Waals surface area contributed by atoms with Gasteiger partial charge >= 0.3 is 0 Å². The fourth-order valence-electron chi connectivity index (χ4n) is 1.45. The van der Waals surface area contributed by atoms with Crippen LogP contribution in [0.5, 0.6) is 0 Å². The lowest BCUT2D eigenvalue weighted by atomic mass is 10.0. The van der Waals surface area contributed by atoms with E-state index in [9.17, 15) is 4.79 Å². The zero-order chi connectivity index (χ0) is 12.6. The minimum Gasteiger partial charge on any atom is -0.356 e. The highest BCUT2D eigenvalue weighted by Gasteiger charge is 2.15. The molecule has 0 aliphatic heterocycles. The first kappa shape index (κ1) is 15.4. The second-order valence-electron chi connectivity index (χ2n) is 4.32. The maximum atomic E-state index is 11.6. The SMILES string of the molecule is CCN(CC)CCCNC(=O)C(C)C(C)N. The largest absolute Gasteiger partial charge is 0.356 e. The maximum absolute atomic E-state index is 11.6. The van der Waals surface area contributed by atoms with E-state index in [4.69, 9.17) is 5.73 Å². The number of hydrogen-bond donors (Lipinski definition) is 2. The molecule has 1 amide bonds. The van der Waals surface area contributed by atoms with Crippen molar-refractivity contribution in [2.75, 3.05) is 26.2 Å². The summed E-state index contributed by atoms with van der Waals surface area (Å²) >= 11 is 0. The van der Waals surface area contributed by atoms with Crippen LogP contribution in [0.25, 0.3) is 0 Å². The van der Waals surface area contributed by atoms with Gasteiger partial charge in [0.1, 0.15) is 0 Å². The molecule has 0 aliphatic rings. The highest BCUT2D eigenvalue weighted by Crippen LogP contribution is 1.99. The molecule has 3 N–H and O–H groups in total. The highest BCUT2D eigenvalue weighted by molar-refractivity contribution is 5.78. The third-order valence-corrected chi connectivity index (χ3v) is 3.05. The fourth-order valence-corrected chi connectivity index (χ4v) is 1.45. The molecule has 0 heterocycles. The van der Waals surface area contributed by atoms with Crippen LogP contribution in [0.4, 0.5) is 0 Å². The molecule has 0 bridgehead atoms. The van der Waals surface area contributed by atoms with Crippen LogP contribution in [0, 0.1) is 5.92 Å². The molecule has 0 saturated heterocycles. The molecule has 0 rings (SSSR count). The normalized spacial score (nSPS) is 14.9. The standard InChI is InChI=1S/C12H27N3O/c1-5-15(6-2)9-7-8-14-12(16)10(3)11(4)13/h10-11H,5-9,13H2,1-4H3,(H,14,16). The van der Waals surface area contributed by atoms with Crippen LogP contribution < -0.4 is 11.1 Å². The predicted octanol–water partition coefficient (Wildman–Crippen LogP) is 0.818. The number of nitrogens with zero attached hydrogens (tertiary/aromatic N) is 1.